The maximum Gasteiger partial charge on any atom is 0.161 e. The summed E-state index contributed by atoms with van der Waals surface area (Å²) < 4.78 is 157. The molecule has 3 nitrogen and oxygen atoms in total. The molecule has 0 bridgehead atoms. The quantitative estimate of drug-likeness (QED) is 0.169. The van der Waals surface area contributed by atoms with Crippen molar-refractivity contribution in [3.8, 4) is 45.2 Å². The molecule has 0 amide bonds. The molecule has 1 aliphatic rings. The van der Waals surface area contributed by atoms with E-state index in [0.29, 0.717) is 23.0 Å². The average molecular weight is 831 g/mol. The van der Waals surface area contributed by atoms with Gasteiger partial charge in [0.1, 0.15) is 0 Å². The molecule has 3 aromatic carbocycles. The SMILES string of the molecule is [2H]C([2H])([2H])C1(C([2H])([2H])[2H])c2c[c-]c(-c3ccc(-c4nc(-c5ccc(C(C)(C)C)cc5)cc(-c5ccc(C(C)(C)C)cc5)n4)cn3)cc2C(C([2H])([2H])[2H])(C([2H])([2H])[2H])C1(C([2H])([2H])[2H])C([2H])([2H])[2H].[Ir]. The molecule has 6 rings (SSSR count). The first kappa shape index (κ1) is 19.1. The monoisotopic (exact) mass is 831 g/mol. The first-order valence-corrected chi connectivity index (χ1v) is 15.5. The summed E-state index contributed by atoms with van der Waals surface area (Å²) in [6.45, 7) is -12.7. The topological polar surface area (TPSA) is 38.7 Å². The summed E-state index contributed by atoms with van der Waals surface area (Å²) in [5, 5.41) is 0. The molecule has 0 unspecified atom stereocenters. The van der Waals surface area contributed by atoms with E-state index >= 15 is 0 Å². The third-order valence-electron chi connectivity index (χ3n) is 9.00. The summed E-state index contributed by atoms with van der Waals surface area (Å²) in [7, 11) is 0. The van der Waals surface area contributed by atoms with Crippen molar-refractivity contribution in [2.24, 2.45) is 5.41 Å². The van der Waals surface area contributed by atoms with Crippen LogP contribution in [-0.4, -0.2) is 15.0 Å². The minimum atomic E-state index is -4.50. The van der Waals surface area contributed by atoms with Crippen LogP contribution in [-0.2, 0) is 41.8 Å². The van der Waals surface area contributed by atoms with Crippen molar-refractivity contribution in [2.45, 2.75) is 104 Å². The molecule has 0 fully saturated rings. The van der Waals surface area contributed by atoms with Gasteiger partial charge in [0, 0.05) is 67.7 Å². The molecule has 251 valence electrons. The second-order valence-electron chi connectivity index (χ2n) is 14.5. The third kappa shape index (κ3) is 6.12. The molecule has 0 N–H and O–H groups in total. The van der Waals surface area contributed by atoms with E-state index in [1.807, 2.05) is 54.6 Å². The van der Waals surface area contributed by atoms with E-state index in [2.05, 4.69) is 52.6 Å². The van der Waals surface area contributed by atoms with Gasteiger partial charge in [0.2, 0.25) is 0 Å². The van der Waals surface area contributed by atoms with Crippen molar-refractivity contribution in [1.29, 1.82) is 0 Å². The van der Waals surface area contributed by atoms with Crippen LogP contribution in [0.25, 0.3) is 45.2 Å². The maximum absolute atomic E-state index is 8.76. The molecule has 0 saturated heterocycles. The van der Waals surface area contributed by atoms with Crippen LogP contribution >= 0.6 is 0 Å². The Labute approximate surface area is 327 Å². The maximum atomic E-state index is 8.76. The van der Waals surface area contributed by atoms with Gasteiger partial charge in [-0.25, -0.2) is 9.97 Å². The Bertz CT molecular complexity index is 2450. The van der Waals surface area contributed by atoms with Crippen LogP contribution in [0.15, 0.2) is 85.1 Å². The van der Waals surface area contributed by atoms with Gasteiger partial charge in [0.25, 0.3) is 0 Å². The van der Waals surface area contributed by atoms with Crippen LogP contribution in [0.2, 0.25) is 0 Å². The van der Waals surface area contributed by atoms with E-state index in [1.54, 1.807) is 6.07 Å². The minimum absolute atomic E-state index is 0. The number of nitrogens with zero attached hydrogens (tertiary/aromatic N) is 3. The molecule has 2 heterocycles. The zero-order valence-corrected chi connectivity index (χ0v) is 30.2. The molecule has 48 heavy (non-hydrogen) atoms. The van der Waals surface area contributed by atoms with Gasteiger partial charge < -0.3 is 4.98 Å². The standard InChI is InChI=1S/C44H50N3.Ir/c1-40(2,3)32-19-13-28(14-20-32)37-26-38(29-15-21-33(22-16-29)41(4,5)6)47-39(46-37)31-18-24-36(45-27-31)30-17-23-34-35(25-30)43(9,10)44(11,12)42(34,7)8;/h13-16,18-27H,1-12H3;/q-1;/i7D3,8D3,9D3,10D3,11D3,12D3;. The molecule has 0 atom stereocenters. The Morgan fingerprint density at radius 3 is 1.52 bits per heavy atom. The van der Waals surface area contributed by atoms with E-state index in [1.165, 1.54) is 12.3 Å². The second kappa shape index (κ2) is 12.1. The fourth-order valence-corrected chi connectivity index (χ4v) is 5.78. The number of hydrogen-bond acceptors (Lipinski definition) is 3. The van der Waals surface area contributed by atoms with Crippen molar-refractivity contribution < 1.29 is 44.8 Å². The summed E-state index contributed by atoms with van der Waals surface area (Å²) in [6.07, 6.45) is 1.38. The van der Waals surface area contributed by atoms with E-state index < -0.39 is 68.5 Å². The molecule has 2 aromatic heterocycles. The minimum Gasteiger partial charge on any atom is -0.304 e. The second-order valence-corrected chi connectivity index (χ2v) is 14.5. The molecule has 0 saturated carbocycles. The largest absolute Gasteiger partial charge is 0.304 e. The van der Waals surface area contributed by atoms with Crippen LogP contribution in [0.4, 0.5) is 0 Å². The van der Waals surface area contributed by atoms with Crippen LogP contribution in [0.3, 0.4) is 0 Å². The normalized spacial score (nSPS) is 23.4. The van der Waals surface area contributed by atoms with Gasteiger partial charge in [-0.1, -0.05) is 143 Å². The van der Waals surface area contributed by atoms with E-state index in [0.717, 1.165) is 28.3 Å². The summed E-state index contributed by atoms with van der Waals surface area (Å²) in [5.74, 6) is 0.262. The van der Waals surface area contributed by atoms with Gasteiger partial charge in [-0.05, 0) is 50.0 Å². The number of pyridine rings is 1. The van der Waals surface area contributed by atoms with Gasteiger partial charge in [-0.3, -0.25) is 0 Å². The summed E-state index contributed by atoms with van der Waals surface area (Å²) in [4.78, 5) is 14.3. The molecule has 0 spiro atoms. The van der Waals surface area contributed by atoms with Gasteiger partial charge in [-0.2, -0.15) is 0 Å². The van der Waals surface area contributed by atoms with Crippen molar-refractivity contribution in [3.05, 3.63) is 113 Å². The Kier molecular flexibility index (Phi) is 4.83. The molecular weight excluding hydrogens is 763 g/mol. The Morgan fingerprint density at radius 1 is 0.583 bits per heavy atom. The van der Waals surface area contributed by atoms with Gasteiger partial charge in [0.05, 0.1) is 11.4 Å². The van der Waals surface area contributed by atoms with E-state index in [-0.39, 0.29) is 48.0 Å². The smallest absolute Gasteiger partial charge is 0.161 e. The van der Waals surface area contributed by atoms with Crippen LogP contribution < -0.4 is 0 Å². The van der Waals surface area contributed by atoms with Gasteiger partial charge >= 0.3 is 0 Å². The van der Waals surface area contributed by atoms with Crippen LogP contribution in [0.5, 0.6) is 0 Å². The van der Waals surface area contributed by atoms with Crippen molar-refractivity contribution in [2.75, 3.05) is 0 Å². The third-order valence-corrected chi connectivity index (χ3v) is 9.00. The average Bonchev–Trinajstić information content (AvgIpc) is 3.46. The first-order valence-electron chi connectivity index (χ1n) is 24.5. The van der Waals surface area contributed by atoms with Crippen molar-refractivity contribution >= 4 is 0 Å². The predicted molar refractivity (Wildman–Crippen MR) is 198 cm³/mol. The zero-order valence-electron chi connectivity index (χ0n) is 45.8. The van der Waals surface area contributed by atoms with Crippen LogP contribution in [0, 0.1) is 11.5 Å². The molecule has 0 aliphatic heterocycles. The first-order chi connectivity index (χ1) is 29.3. The molecule has 1 radical (unpaired) electrons. The Hall–Kier alpha value is -3.46. The van der Waals surface area contributed by atoms with Gasteiger partial charge in [0.15, 0.2) is 5.82 Å². The molecule has 5 aromatic rings. The molecule has 4 heteroatoms. The Balaban J connectivity index is 0.00000817. The number of fused-ring (bicyclic) bond motifs is 1. The number of benzene rings is 3. The number of rotatable bonds is 4. The molecular formula is C44H50IrN3-. The zero-order chi connectivity index (χ0) is 49.2. The number of hydrogen-bond donors (Lipinski definition) is 0. The van der Waals surface area contributed by atoms with E-state index in [9.17, 15) is 0 Å². The number of aromatic nitrogens is 3. The summed E-state index contributed by atoms with van der Waals surface area (Å²) >= 11 is 0. The fraction of sp³-hybridized carbons (Fsp3) is 0.386. The van der Waals surface area contributed by atoms with Gasteiger partial charge in [-0.15, -0.1) is 34.9 Å². The fourth-order valence-electron chi connectivity index (χ4n) is 5.78. The predicted octanol–water partition coefficient (Wildman–Crippen LogP) is 11.5. The van der Waals surface area contributed by atoms with Crippen molar-refractivity contribution in [1.82, 2.24) is 15.0 Å². The summed E-state index contributed by atoms with van der Waals surface area (Å²) in [6, 6.07) is 25.1. The van der Waals surface area contributed by atoms with Crippen LogP contribution in [0.1, 0.15) is 130 Å². The Morgan fingerprint density at radius 2 is 1.08 bits per heavy atom. The van der Waals surface area contributed by atoms with E-state index in [4.69, 9.17) is 34.6 Å². The molecule has 1 aliphatic carbocycles. The van der Waals surface area contributed by atoms with Crippen molar-refractivity contribution in [3.63, 3.8) is 0 Å². The summed E-state index contributed by atoms with van der Waals surface area (Å²) in [5.41, 5.74) is -9.92.